The summed E-state index contributed by atoms with van der Waals surface area (Å²) in [4.78, 5) is 0.884. The third kappa shape index (κ3) is 3.36. The van der Waals surface area contributed by atoms with E-state index >= 15 is 0 Å². The fourth-order valence-corrected chi connectivity index (χ4v) is 4.50. The highest BCUT2D eigenvalue weighted by Crippen LogP contribution is 2.27. The molecule has 1 aromatic carbocycles. The Balaban J connectivity index is 2.32. The number of benzene rings is 1. The molecule has 2 aromatic rings. The van der Waals surface area contributed by atoms with Crippen LogP contribution in [0.25, 0.3) is 0 Å². The third-order valence-electron chi connectivity index (χ3n) is 2.53. The average Bonchev–Trinajstić information content (AvgIpc) is 2.71. The van der Waals surface area contributed by atoms with Gasteiger partial charge in [0.2, 0.25) is 0 Å². The van der Waals surface area contributed by atoms with Gasteiger partial charge >= 0.3 is 0 Å². The van der Waals surface area contributed by atoms with Gasteiger partial charge in [-0.3, -0.25) is 4.72 Å². The molecule has 0 spiro atoms. The quantitative estimate of drug-likeness (QED) is 0.879. The molecule has 0 amide bonds. The van der Waals surface area contributed by atoms with Gasteiger partial charge in [-0.2, -0.15) is 0 Å². The summed E-state index contributed by atoms with van der Waals surface area (Å²) < 4.78 is 28.1. The zero-order valence-corrected chi connectivity index (χ0v) is 13.4. The van der Waals surface area contributed by atoms with E-state index in [1.165, 1.54) is 11.3 Å². The molecular weight excluding hydrogens is 348 g/mol. The molecule has 0 atom stereocenters. The summed E-state index contributed by atoms with van der Waals surface area (Å²) in [5.74, 6) is 0. The topological polar surface area (TPSA) is 72.2 Å². The van der Waals surface area contributed by atoms with Crippen molar-refractivity contribution in [2.75, 3.05) is 4.72 Å². The largest absolute Gasteiger partial charge is 0.326 e. The molecule has 0 aliphatic carbocycles. The summed E-state index contributed by atoms with van der Waals surface area (Å²) in [6, 6.07) is 8.66. The van der Waals surface area contributed by atoms with Crippen molar-refractivity contribution in [1.82, 2.24) is 0 Å². The highest BCUT2D eigenvalue weighted by atomic mass is 79.9. The molecule has 0 saturated heterocycles. The van der Waals surface area contributed by atoms with Crippen LogP contribution in [0.15, 0.2) is 39.0 Å². The minimum atomic E-state index is -3.55. The predicted molar refractivity (Wildman–Crippen MR) is 81.9 cm³/mol. The van der Waals surface area contributed by atoms with Gasteiger partial charge in [0.05, 0.1) is 0 Å². The predicted octanol–water partition coefficient (Wildman–Crippen LogP) is 3.08. The van der Waals surface area contributed by atoms with Crippen molar-refractivity contribution in [2.24, 2.45) is 5.73 Å². The zero-order valence-electron chi connectivity index (χ0n) is 10.2. The van der Waals surface area contributed by atoms with E-state index in [-0.39, 0.29) is 4.21 Å². The molecule has 102 valence electrons. The van der Waals surface area contributed by atoms with Gasteiger partial charge in [-0.15, -0.1) is 11.3 Å². The van der Waals surface area contributed by atoms with Gasteiger partial charge in [-0.05, 0) is 36.8 Å². The van der Waals surface area contributed by atoms with Crippen LogP contribution in [-0.2, 0) is 16.6 Å². The van der Waals surface area contributed by atoms with Crippen LogP contribution in [0.4, 0.5) is 5.69 Å². The Kier molecular flexibility index (Phi) is 4.29. The zero-order chi connectivity index (χ0) is 14.0. The maximum absolute atomic E-state index is 12.2. The molecule has 2 rings (SSSR count). The third-order valence-corrected chi connectivity index (χ3v) is 6.13. The SMILES string of the molecule is Cc1cc(S(=O)(=O)Nc2cccc(Br)c2)sc1CN. The van der Waals surface area contributed by atoms with E-state index in [4.69, 9.17) is 5.73 Å². The fourth-order valence-electron chi connectivity index (χ4n) is 1.58. The molecule has 7 heteroatoms. The van der Waals surface area contributed by atoms with Crippen LogP contribution in [0.2, 0.25) is 0 Å². The van der Waals surface area contributed by atoms with Crippen LogP contribution >= 0.6 is 27.3 Å². The molecule has 0 aliphatic rings. The monoisotopic (exact) mass is 360 g/mol. The smallest absolute Gasteiger partial charge is 0.271 e. The fraction of sp³-hybridized carbons (Fsp3) is 0.167. The molecule has 4 nitrogen and oxygen atoms in total. The van der Waals surface area contributed by atoms with Crippen LogP contribution in [0.5, 0.6) is 0 Å². The highest BCUT2D eigenvalue weighted by Gasteiger charge is 2.18. The Hall–Kier alpha value is -0.890. The number of halogens is 1. The number of hydrogen-bond acceptors (Lipinski definition) is 4. The van der Waals surface area contributed by atoms with E-state index < -0.39 is 10.0 Å². The molecule has 0 radical (unpaired) electrons. The van der Waals surface area contributed by atoms with Gasteiger partial charge in [0, 0.05) is 21.6 Å². The second-order valence-electron chi connectivity index (χ2n) is 3.99. The molecular formula is C12H13BrN2O2S2. The van der Waals surface area contributed by atoms with Crippen molar-refractivity contribution in [3.63, 3.8) is 0 Å². The normalized spacial score (nSPS) is 11.5. The number of rotatable bonds is 4. The number of aryl methyl sites for hydroxylation is 1. The minimum Gasteiger partial charge on any atom is -0.326 e. The van der Waals surface area contributed by atoms with E-state index in [0.29, 0.717) is 12.2 Å². The van der Waals surface area contributed by atoms with Gasteiger partial charge in [0.25, 0.3) is 10.0 Å². The lowest BCUT2D eigenvalue weighted by molar-refractivity contribution is 0.603. The lowest BCUT2D eigenvalue weighted by atomic mass is 10.3. The first-order valence-corrected chi connectivity index (χ1v) is 8.59. The summed E-state index contributed by atoms with van der Waals surface area (Å²) in [6.07, 6.45) is 0. The Labute approximate surface area is 124 Å². The summed E-state index contributed by atoms with van der Waals surface area (Å²) in [7, 11) is -3.55. The summed E-state index contributed by atoms with van der Waals surface area (Å²) in [6.45, 7) is 2.21. The first kappa shape index (κ1) is 14.5. The standard InChI is InChI=1S/C12H13BrN2O2S2/c1-8-5-12(18-11(8)7-14)19(16,17)15-10-4-2-3-9(13)6-10/h2-6,15H,7,14H2,1H3. The van der Waals surface area contributed by atoms with E-state index in [9.17, 15) is 8.42 Å². The first-order valence-electron chi connectivity index (χ1n) is 5.50. The first-order chi connectivity index (χ1) is 8.92. The summed E-state index contributed by atoms with van der Waals surface area (Å²) >= 11 is 4.51. The van der Waals surface area contributed by atoms with Gasteiger partial charge in [-0.1, -0.05) is 22.0 Å². The maximum atomic E-state index is 12.2. The van der Waals surface area contributed by atoms with Crippen LogP contribution in [0.3, 0.4) is 0 Å². The second-order valence-corrected chi connectivity index (χ2v) is 7.95. The number of sulfonamides is 1. The Morgan fingerprint density at radius 3 is 2.68 bits per heavy atom. The lowest BCUT2D eigenvalue weighted by Gasteiger charge is -2.06. The highest BCUT2D eigenvalue weighted by molar-refractivity contribution is 9.10. The molecule has 1 aromatic heterocycles. The Morgan fingerprint density at radius 1 is 1.37 bits per heavy atom. The van der Waals surface area contributed by atoms with Crippen LogP contribution in [-0.4, -0.2) is 8.42 Å². The van der Waals surface area contributed by atoms with Crippen LogP contribution in [0, 0.1) is 6.92 Å². The molecule has 3 N–H and O–H groups in total. The number of nitrogens with two attached hydrogens (primary N) is 1. The number of hydrogen-bond donors (Lipinski definition) is 2. The van der Waals surface area contributed by atoms with Gasteiger partial charge in [0.1, 0.15) is 4.21 Å². The minimum absolute atomic E-state index is 0.283. The van der Waals surface area contributed by atoms with Crippen molar-refractivity contribution in [3.8, 4) is 0 Å². The van der Waals surface area contributed by atoms with Gasteiger partial charge in [0.15, 0.2) is 0 Å². The van der Waals surface area contributed by atoms with Crippen molar-refractivity contribution in [1.29, 1.82) is 0 Å². The van der Waals surface area contributed by atoms with E-state index in [0.717, 1.165) is 14.9 Å². The molecule has 0 unspecified atom stereocenters. The molecule has 19 heavy (non-hydrogen) atoms. The lowest BCUT2D eigenvalue weighted by Crippen LogP contribution is -2.11. The molecule has 0 aliphatic heterocycles. The molecule has 0 bridgehead atoms. The molecule has 1 heterocycles. The number of nitrogens with one attached hydrogen (secondary N) is 1. The van der Waals surface area contributed by atoms with Crippen LogP contribution < -0.4 is 10.5 Å². The Bertz CT molecular complexity index is 696. The Morgan fingerprint density at radius 2 is 2.11 bits per heavy atom. The number of anilines is 1. The van der Waals surface area contributed by atoms with Gasteiger partial charge in [-0.25, -0.2) is 8.42 Å². The van der Waals surface area contributed by atoms with Crippen molar-refractivity contribution < 1.29 is 8.42 Å². The second kappa shape index (κ2) is 5.62. The molecule has 0 fully saturated rings. The summed E-state index contributed by atoms with van der Waals surface area (Å²) in [5.41, 5.74) is 7.00. The van der Waals surface area contributed by atoms with Crippen molar-refractivity contribution >= 4 is 43.0 Å². The van der Waals surface area contributed by atoms with Crippen molar-refractivity contribution in [3.05, 3.63) is 45.2 Å². The number of thiophene rings is 1. The van der Waals surface area contributed by atoms with Gasteiger partial charge < -0.3 is 5.73 Å². The average molecular weight is 361 g/mol. The van der Waals surface area contributed by atoms with Crippen LogP contribution in [0.1, 0.15) is 10.4 Å². The van der Waals surface area contributed by atoms with Crippen molar-refractivity contribution in [2.45, 2.75) is 17.7 Å². The molecule has 0 saturated carbocycles. The maximum Gasteiger partial charge on any atom is 0.271 e. The van der Waals surface area contributed by atoms with E-state index in [2.05, 4.69) is 20.7 Å². The van der Waals surface area contributed by atoms with E-state index in [1.807, 2.05) is 13.0 Å². The van der Waals surface area contributed by atoms with E-state index in [1.54, 1.807) is 24.3 Å². The summed E-state index contributed by atoms with van der Waals surface area (Å²) in [5, 5.41) is 0.